The van der Waals surface area contributed by atoms with E-state index in [1.54, 1.807) is 14.2 Å². The van der Waals surface area contributed by atoms with Gasteiger partial charge in [-0.1, -0.05) is 29.4 Å². The number of methoxy groups -OCH3 is 2. The van der Waals surface area contributed by atoms with Crippen molar-refractivity contribution in [3.63, 3.8) is 0 Å². The van der Waals surface area contributed by atoms with Crippen LogP contribution in [0.15, 0.2) is 47.6 Å². The minimum absolute atomic E-state index is 0.311. The fraction of sp³-hybridized carbons (Fsp3) is 0.235. The lowest BCUT2D eigenvalue weighted by Crippen LogP contribution is -1.98. The fourth-order valence-corrected chi connectivity index (χ4v) is 1.85. The van der Waals surface area contributed by atoms with Gasteiger partial charge in [0, 0.05) is 11.1 Å². The van der Waals surface area contributed by atoms with Gasteiger partial charge in [-0.3, -0.25) is 0 Å². The lowest BCUT2D eigenvalue weighted by molar-refractivity contribution is 0.128. The van der Waals surface area contributed by atoms with Crippen molar-refractivity contribution < 1.29 is 14.3 Å². The van der Waals surface area contributed by atoms with E-state index in [1.807, 2.05) is 49.4 Å². The Kier molecular flexibility index (Phi) is 5.21. The van der Waals surface area contributed by atoms with E-state index in [2.05, 4.69) is 11.2 Å². The molecule has 0 saturated heterocycles. The van der Waals surface area contributed by atoms with E-state index in [9.17, 15) is 0 Å². The molecule has 0 spiro atoms. The first-order chi connectivity index (χ1) is 10.2. The van der Waals surface area contributed by atoms with Crippen molar-refractivity contribution in [2.75, 3.05) is 14.2 Å². The number of oxime groups is 1. The number of rotatable bonds is 6. The number of nitrogens with zero attached hydrogens (tertiary/aromatic N) is 1. The number of hydrogen-bond acceptors (Lipinski definition) is 4. The maximum atomic E-state index is 5.39. The standard InChI is InChI=1S/C17H18NO3/c1-13(14-8-6-9-16(11-14)19-2)18-21-12-15-7-4-5-10-17(15)20-3/h4-6,8-11H,12H2,1-3H3. The first kappa shape index (κ1) is 14.9. The van der Waals surface area contributed by atoms with Crippen LogP contribution in [0.1, 0.15) is 18.1 Å². The Morgan fingerprint density at radius 3 is 2.76 bits per heavy atom. The molecule has 0 unspecified atom stereocenters. The Morgan fingerprint density at radius 2 is 2.00 bits per heavy atom. The van der Waals surface area contributed by atoms with E-state index in [4.69, 9.17) is 14.3 Å². The average Bonchev–Trinajstić information content (AvgIpc) is 2.55. The summed E-state index contributed by atoms with van der Waals surface area (Å²) >= 11 is 0. The van der Waals surface area contributed by atoms with Gasteiger partial charge in [0.05, 0.1) is 19.9 Å². The molecule has 4 heteroatoms. The van der Waals surface area contributed by atoms with Crippen LogP contribution in [0.3, 0.4) is 0 Å². The molecule has 0 aliphatic carbocycles. The molecular formula is C17H18NO3. The van der Waals surface area contributed by atoms with Crippen molar-refractivity contribution in [3.05, 3.63) is 59.7 Å². The highest BCUT2D eigenvalue weighted by Gasteiger charge is 2.03. The number of ether oxygens (including phenoxy) is 2. The summed E-state index contributed by atoms with van der Waals surface area (Å²) in [6.45, 7) is 2.20. The van der Waals surface area contributed by atoms with E-state index in [1.165, 1.54) is 0 Å². The molecule has 2 rings (SSSR count). The molecule has 4 nitrogen and oxygen atoms in total. The van der Waals surface area contributed by atoms with Gasteiger partial charge in [0.15, 0.2) is 0 Å². The first-order valence-electron chi connectivity index (χ1n) is 6.59. The Morgan fingerprint density at radius 1 is 1.14 bits per heavy atom. The summed E-state index contributed by atoms with van der Waals surface area (Å²) in [5.74, 6) is 1.53. The molecule has 2 aromatic carbocycles. The molecular weight excluding hydrogens is 266 g/mol. The summed E-state index contributed by atoms with van der Waals surface area (Å²) in [5, 5.41) is 4.13. The summed E-state index contributed by atoms with van der Waals surface area (Å²) in [4.78, 5) is 5.39. The summed E-state index contributed by atoms with van der Waals surface area (Å²) in [7, 11) is 3.26. The van der Waals surface area contributed by atoms with E-state index in [0.29, 0.717) is 6.61 Å². The summed E-state index contributed by atoms with van der Waals surface area (Å²) in [6.07, 6.45) is 0. The van der Waals surface area contributed by atoms with E-state index in [-0.39, 0.29) is 0 Å². The molecule has 0 aliphatic heterocycles. The monoisotopic (exact) mass is 284 g/mol. The van der Waals surface area contributed by atoms with Crippen LogP contribution in [0.4, 0.5) is 0 Å². The summed E-state index contributed by atoms with van der Waals surface area (Å²) in [5.41, 5.74) is 2.57. The molecule has 109 valence electrons. The van der Waals surface area contributed by atoms with Crippen LogP contribution in [0.2, 0.25) is 0 Å². The molecule has 0 bridgehead atoms. The zero-order valence-electron chi connectivity index (χ0n) is 12.4. The first-order valence-corrected chi connectivity index (χ1v) is 6.59. The summed E-state index contributed by atoms with van der Waals surface area (Å²) in [6, 6.07) is 16.3. The second kappa shape index (κ2) is 7.33. The predicted molar refractivity (Wildman–Crippen MR) is 81.8 cm³/mol. The van der Waals surface area contributed by atoms with Crippen LogP contribution in [0.5, 0.6) is 11.5 Å². The number of benzene rings is 2. The molecule has 0 saturated carbocycles. The predicted octanol–water partition coefficient (Wildman–Crippen LogP) is 3.44. The largest absolute Gasteiger partial charge is 0.497 e. The zero-order valence-corrected chi connectivity index (χ0v) is 12.4. The maximum Gasteiger partial charge on any atom is 0.146 e. The minimum Gasteiger partial charge on any atom is -0.497 e. The van der Waals surface area contributed by atoms with Crippen molar-refractivity contribution in [3.8, 4) is 11.5 Å². The van der Waals surface area contributed by atoms with Crippen molar-refractivity contribution >= 4 is 5.71 Å². The highest BCUT2D eigenvalue weighted by molar-refractivity contribution is 5.98. The molecule has 2 aromatic rings. The topological polar surface area (TPSA) is 40.0 Å². The third-order valence-electron chi connectivity index (χ3n) is 3.02. The van der Waals surface area contributed by atoms with Gasteiger partial charge in [0.25, 0.3) is 0 Å². The Labute approximate surface area is 125 Å². The van der Waals surface area contributed by atoms with E-state index in [0.717, 1.165) is 28.3 Å². The smallest absolute Gasteiger partial charge is 0.146 e. The maximum absolute atomic E-state index is 5.39. The third kappa shape index (κ3) is 3.99. The Bertz CT molecular complexity index is 623. The SMILES string of the molecule is COc1cccc(C(C)=NOCc2[c]cccc2OC)c1. The quantitative estimate of drug-likeness (QED) is 0.602. The van der Waals surface area contributed by atoms with E-state index < -0.39 is 0 Å². The van der Waals surface area contributed by atoms with Gasteiger partial charge in [-0.25, -0.2) is 0 Å². The minimum atomic E-state index is 0.311. The number of hydrogen-bond donors (Lipinski definition) is 0. The highest BCUT2D eigenvalue weighted by Crippen LogP contribution is 2.18. The van der Waals surface area contributed by atoms with Crippen LogP contribution in [0, 0.1) is 6.07 Å². The molecule has 0 atom stereocenters. The molecule has 21 heavy (non-hydrogen) atoms. The van der Waals surface area contributed by atoms with Crippen LogP contribution >= 0.6 is 0 Å². The van der Waals surface area contributed by atoms with Gasteiger partial charge < -0.3 is 14.3 Å². The Hall–Kier alpha value is -2.49. The molecule has 0 amide bonds. The van der Waals surface area contributed by atoms with Gasteiger partial charge in [-0.15, -0.1) is 0 Å². The zero-order chi connectivity index (χ0) is 15.1. The second-order valence-corrected chi connectivity index (χ2v) is 4.40. The third-order valence-corrected chi connectivity index (χ3v) is 3.02. The molecule has 0 heterocycles. The van der Waals surface area contributed by atoms with Gasteiger partial charge >= 0.3 is 0 Å². The van der Waals surface area contributed by atoms with Crippen LogP contribution < -0.4 is 9.47 Å². The van der Waals surface area contributed by atoms with E-state index >= 15 is 0 Å². The van der Waals surface area contributed by atoms with Crippen molar-refractivity contribution in [1.82, 2.24) is 0 Å². The van der Waals surface area contributed by atoms with Crippen molar-refractivity contribution in [1.29, 1.82) is 0 Å². The van der Waals surface area contributed by atoms with Crippen molar-refractivity contribution in [2.24, 2.45) is 5.16 Å². The second-order valence-electron chi connectivity index (χ2n) is 4.40. The van der Waals surface area contributed by atoms with Gasteiger partial charge in [-0.05, 0) is 31.2 Å². The summed E-state index contributed by atoms with van der Waals surface area (Å²) < 4.78 is 10.4. The van der Waals surface area contributed by atoms with Crippen LogP contribution in [-0.4, -0.2) is 19.9 Å². The van der Waals surface area contributed by atoms with Crippen molar-refractivity contribution in [2.45, 2.75) is 13.5 Å². The normalized spacial score (nSPS) is 11.1. The molecule has 0 aromatic heterocycles. The lowest BCUT2D eigenvalue weighted by atomic mass is 10.1. The highest BCUT2D eigenvalue weighted by atomic mass is 16.6. The molecule has 0 N–H and O–H groups in total. The lowest BCUT2D eigenvalue weighted by Gasteiger charge is -2.07. The molecule has 0 fully saturated rings. The fourth-order valence-electron chi connectivity index (χ4n) is 1.85. The Balaban J connectivity index is 2.03. The van der Waals surface area contributed by atoms with Gasteiger partial charge in [-0.2, -0.15) is 0 Å². The van der Waals surface area contributed by atoms with Crippen LogP contribution in [0.25, 0.3) is 0 Å². The van der Waals surface area contributed by atoms with Gasteiger partial charge in [0.2, 0.25) is 0 Å². The molecule has 1 radical (unpaired) electrons. The average molecular weight is 284 g/mol. The van der Waals surface area contributed by atoms with Gasteiger partial charge in [0.1, 0.15) is 18.1 Å². The van der Waals surface area contributed by atoms with Crippen LogP contribution in [-0.2, 0) is 11.4 Å². The molecule has 0 aliphatic rings.